The van der Waals surface area contributed by atoms with Crippen molar-refractivity contribution in [2.45, 2.75) is 43.9 Å². The van der Waals surface area contributed by atoms with E-state index in [0.29, 0.717) is 16.5 Å². The maximum absolute atomic E-state index is 13.0. The second-order valence-corrected chi connectivity index (χ2v) is 10.0. The molecule has 1 heterocycles. The first-order chi connectivity index (χ1) is 19.8. The fourth-order valence-electron chi connectivity index (χ4n) is 3.86. The molecule has 0 radical (unpaired) electrons. The Morgan fingerprint density at radius 1 is 1.00 bits per heavy atom. The van der Waals surface area contributed by atoms with E-state index in [-0.39, 0.29) is 17.7 Å². The summed E-state index contributed by atoms with van der Waals surface area (Å²) in [6.07, 6.45) is 2.94. The first kappa shape index (κ1) is 31.5. The summed E-state index contributed by atoms with van der Waals surface area (Å²) in [5, 5.41) is 40.2. The average Bonchev–Trinajstić information content (AvgIpc) is 3.46. The third-order valence-electron chi connectivity index (χ3n) is 6.36. The van der Waals surface area contributed by atoms with E-state index in [9.17, 15) is 39.3 Å². The monoisotopic (exact) mass is 583 g/mol. The average molecular weight is 584 g/mol. The Morgan fingerprint density at radius 3 is 2.33 bits per heavy atom. The van der Waals surface area contributed by atoms with Crippen LogP contribution >= 0.6 is 0 Å². The number of carbonyl (C=O) groups is 5. The Hall–Kier alpha value is -5.02. The molecule has 10 N–H and O–H groups in total. The Bertz CT molecular complexity index is 1460. The van der Waals surface area contributed by atoms with Gasteiger partial charge in [0.25, 0.3) is 5.91 Å². The highest BCUT2D eigenvalue weighted by molar-refractivity contribution is 6.04. The maximum Gasteiger partial charge on any atom is 0.328 e. The summed E-state index contributed by atoms with van der Waals surface area (Å²) in [7, 11) is 0. The van der Waals surface area contributed by atoms with E-state index in [0.717, 1.165) is 0 Å². The van der Waals surface area contributed by atoms with Gasteiger partial charge in [-0.2, -0.15) is 0 Å². The molecule has 42 heavy (non-hydrogen) atoms. The molecule has 15 heteroatoms. The minimum Gasteiger partial charge on any atom is -0.506 e. The summed E-state index contributed by atoms with van der Waals surface area (Å²) in [5.74, 6) is -5.19. The number of benzene rings is 2. The SMILES string of the molecule is CC(C)(NC(=O)C(CNC(=O)c1ccc2ccccc2c1O)NC(=O)[C@@H](CO)NC(=O)[C@@H](N)Cc1cnc[nH]1)C(=O)O. The molecule has 2 aromatic carbocycles. The first-order valence-corrected chi connectivity index (χ1v) is 12.8. The number of nitrogens with two attached hydrogens (primary N) is 1. The number of rotatable bonds is 13. The van der Waals surface area contributed by atoms with E-state index in [2.05, 4.69) is 31.2 Å². The van der Waals surface area contributed by atoms with Crippen molar-refractivity contribution in [1.82, 2.24) is 31.2 Å². The van der Waals surface area contributed by atoms with Crippen LogP contribution in [0.5, 0.6) is 5.75 Å². The third kappa shape index (κ3) is 7.80. The summed E-state index contributed by atoms with van der Waals surface area (Å²) >= 11 is 0. The molecule has 0 bridgehead atoms. The number of aromatic nitrogens is 2. The van der Waals surface area contributed by atoms with Crippen molar-refractivity contribution in [3.8, 4) is 5.75 Å². The van der Waals surface area contributed by atoms with Crippen LogP contribution in [0.2, 0.25) is 0 Å². The smallest absolute Gasteiger partial charge is 0.328 e. The zero-order chi connectivity index (χ0) is 31.0. The van der Waals surface area contributed by atoms with Crippen molar-refractivity contribution >= 4 is 40.4 Å². The molecule has 0 saturated heterocycles. The van der Waals surface area contributed by atoms with Crippen molar-refractivity contribution in [2.24, 2.45) is 5.73 Å². The number of phenols is 1. The molecule has 15 nitrogen and oxygen atoms in total. The number of phenolic OH excluding ortho intramolecular Hbond substituents is 1. The van der Waals surface area contributed by atoms with Crippen molar-refractivity contribution in [3.05, 3.63) is 60.2 Å². The van der Waals surface area contributed by atoms with Gasteiger partial charge < -0.3 is 47.3 Å². The van der Waals surface area contributed by atoms with Gasteiger partial charge >= 0.3 is 5.97 Å². The summed E-state index contributed by atoms with van der Waals surface area (Å²) in [4.78, 5) is 69.7. The minimum absolute atomic E-state index is 0.0640. The number of aliphatic carboxylic acids is 1. The number of aliphatic hydroxyl groups is 1. The maximum atomic E-state index is 13.0. The zero-order valence-corrected chi connectivity index (χ0v) is 22.9. The number of aromatic hydroxyl groups is 1. The highest BCUT2D eigenvalue weighted by atomic mass is 16.4. The molecular formula is C27H33N7O8. The Labute approximate surface area is 239 Å². The first-order valence-electron chi connectivity index (χ1n) is 12.8. The number of nitrogens with zero attached hydrogens (tertiary/aromatic N) is 1. The van der Waals surface area contributed by atoms with Crippen molar-refractivity contribution in [3.63, 3.8) is 0 Å². The number of hydrogen-bond acceptors (Lipinski definition) is 9. The second-order valence-electron chi connectivity index (χ2n) is 10.0. The van der Waals surface area contributed by atoms with E-state index >= 15 is 0 Å². The molecule has 0 aliphatic carbocycles. The van der Waals surface area contributed by atoms with Crippen LogP contribution < -0.4 is 27.0 Å². The minimum atomic E-state index is -1.75. The summed E-state index contributed by atoms with van der Waals surface area (Å²) in [6, 6.07) is 5.64. The van der Waals surface area contributed by atoms with Crippen LogP contribution in [-0.4, -0.2) is 91.7 Å². The predicted molar refractivity (Wildman–Crippen MR) is 149 cm³/mol. The Balaban J connectivity index is 1.74. The summed E-state index contributed by atoms with van der Waals surface area (Å²) in [6.45, 7) is 1.04. The fraction of sp³-hybridized carbons (Fsp3) is 0.333. The van der Waals surface area contributed by atoms with Gasteiger partial charge in [-0.1, -0.05) is 30.3 Å². The lowest BCUT2D eigenvalue weighted by Gasteiger charge is -2.27. The van der Waals surface area contributed by atoms with E-state index in [1.807, 2.05) is 0 Å². The van der Waals surface area contributed by atoms with Gasteiger partial charge in [0.05, 0.1) is 24.5 Å². The van der Waals surface area contributed by atoms with E-state index in [1.54, 1.807) is 30.3 Å². The Kier molecular flexibility index (Phi) is 10.2. The molecule has 3 aromatic rings. The number of carbonyl (C=O) groups excluding carboxylic acids is 4. The highest BCUT2D eigenvalue weighted by Crippen LogP contribution is 2.28. The van der Waals surface area contributed by atoms with Gasteiger partial charge in [-0.25, -0.2) is 9.78 Å². The Morgan fingerprint density at radius 2 is 1.69 bits per heavy atom. The van der Waals surface area contributed by atoms with Gasteiger partial charge in [0, 0.05) is 30.2 Å². The molecule has 0 saturated carbocycles. The van der Waals surface area contributed by atoms with Gasteiger partial charge in [0.15, 0.2) is 0 Å². The van der Waals surface area contributed by atoms with E-state index < -0.39 is 66.4 Å². The molecular weight excluding hydrogens is 550 g/mol. The van der Waals surface area contributed by atoms with Crippen molar-refractivity contribution < 1.29 is 39.3 Å². The zero-order valence-electron chi connectivity index (χ0n) is 22.9. The largest absolute Gasteiger partial charge is 0.506 e. The number of aromatic amines is 1. The molecule has 1 unspecified atom stereocenters. The van der Waals surface area contributed by atoms with Crippen LogP contribution in [0.25, 0.3) is 10.8 Å². The number of nitrogens with one attached hydrogen (secondary N) is 5. The third-order valence-corrected chi connectivity index (χ3v) is 6.36. The van der Waals surface area contributed by atoms with Gasteiger partial charge in [-0.3, -0.25) is 19.2 Å². The molecule has 4 amide bonds. The van der Waals surface area contributed by atoms with Crippen LogP contribution in [-0.2, 0) is 25.6 Å². The number of carboxylic acids is 1. The van der Waals surface area contributed by atoms with Gasteiger partial charge in [-0.15, -0.1) is 0 Å². The lowest BCUT2D eigenvalue weighted by molar-refractivity contribution is -0.146. The van der Waals surface area contributed by atoms with Crippen LogP contribution in [0.3, 0.4) is 0 Å². The lowest BCUT2D eigenvalue weighted by Crippen LogP contribution is -2.62. The van der Waals surface area contributed by atoms with Crippen LogP contribution in [0, 0.1) is 0 Å². The number of imidazole rings is 1. The molecule has 0 aliphatic heterocycles. The van der Waals surface area contributed by atoms with Gasteiger partial charge in [-0.05, 0) is 25.3 Å². The molecule has 0 spiro atoms. The normalized spacial score (nSPS) is 13.4. The number of H-pyrrole nitrogens is 1. The fourth-order valence-corrected chi connectivity index (χ4v) is 3.86. The van der Waals surface area contributed by atoms with E-state index in [4.69, 9.17) is 5.73 Å². The number of aliphatic hydroxyl groups excluding tert-OH is 1. The molecule has 1 aromatic heterocycles. The van der Waals surface area contributed by atoms with Gasteiger partial charge in [0.1, 0.15) is 23.4 Å². The topological polar surface area (TPSA) is 249 Å². The number of carboxylic acid groups (broad SMARTS) is 1. The van der Waals surface area contributed by atoms with Crippen LogP contribution in [0.4, 0.5) is 0 Å². The standard InChI is InChI=1S/C27H33N7O8/c1-27(2,26(41)42)34-25(40)19(11-30-22(37)17-8-7-14-5-3-4-6-16(14)21(17)36)32-24(39)20(12-35)33-23(38)18(28)9-15-10-29-13-31-15/h3-8,10,13,18-20,35-36H,9,11-12,28H2,1-2H3,(H,29,31)(H,30,37)(H,32,39)(H,33,38)(H,34,40)(H,41,42)/t18-,19?,20+/m0/s1. The number of amides is 4. The van der Waals surface area contributed by atoms with Gasteiger partial charge in [0.2, 0.25) is 17.7 Å². The van der Waals surface area contributed by atoms with Crippen LogP contribution in [0.1, 0.15) is 29.9 Å². The van der Waals surface area contributed by atoms with Crippen LogP contribution in [0.15, 0.2) is 48.9 Å². The molecule has 0 aliphatic rings. The highest BCUT2D eigenvalue weighted by Gasteiger charge is 2.34. The summed E-state index contributed by atoms with van der Waals surface area (Å²) < 4.78 is 0. The van der Waals surface area contributed by atoms with Crippen molar-refractivity contribution in [2.75, 3.05) is 13.2 Å². The predicted octanol–water partition coefficient (Wildman–Crippen LogP) is -1.49. The molecule has 224 valence electrons. The quantitative estimate of drug-likeness (QED) is 0.113. The second kappa shape index (κ2) is 13.6. The molecule has 3 atom stereocenters. The molecule has 3 rings (SSSR count). The summed E-state index contributed by atoms with van der Waals surface area (Å²) in [5.41, 5.74) is 4.60. The number of fused-ring (bicyclic) bond motifs is 1. The molecule has 0 fully saturated rings. The number of hydrogen-bond donors (Lipinski definition) is 9. The van der Waals surface area contributed by atoms with E-state index in [1.165, 1.54) is 32.4 Å². The lowest BCUT2D eigenvalue weighted by atomic mass is 10.0. The van der Waals surface area contributed by atoms with Crippen molar-refractivity contribution in [1.29, 1.82) is 0 Å².